The third-order valence-electron chi connectivity index (χ3n) is 6.16. The molecule has 2 N–H and O–H groups in total. The summed E-state index contributed by atoms with van der Waals surface area (Å²) in [5, 5.41) is 10.9. The Kier molecular flexibility index (Phi) is 6.70. The first-order valence-electron chi connectivity index (χ1n) is 11.4. The van der Waals surface area contributed by atoms with Crippen molar-refractivity contribution in [2.75, 3.05) is 26.2 Å². The van der Waals surface area contributed by atoms with E-state index in [1.54, 1.807) is 11.1 Å². The van der Waals surface area contributed by atoms with Gasteiger partial charge in [-0.05, 0) is 25.0 Å². The molecule has 2 amide bonds. The van der Waals surface area contributed by atoms with Crippen molar-refractivity contribution in [1.29, 1.82) is 0 Å². The van der Waals surface area contributed by atoms with Crippen LogP contribution in [0.1, 0.15) is 24.5 Å². The second-order valence-corrected chi connectivity index (χ2v) is 15.4. The lowest BCUT2D eigenvalue weighted by Crippen LogP contribution is -2.43. The van der Waals surface area contributed by atoms with Crippen LogP contribution in [0.2, 0.25) is 25.7 Å². The standard InChI is InChI=1S/C22H32N6O4Si/c1-33(2,3)11-10-32-15-27-9-6-17-21(27)24-13-19-23-12-18(28(17)19)16-4-7-26(8-5-16)20(29)14-25-22(30)31/h6,9,12-13,16,25H,4-5,7-8,10-11,14-15H2,1-3H3,(H,30,31). The Bertz CT molecular complexity index is 1140. The zero-order chi connectivity index (χ0) is 23.6. The Hall–Kier alpha value is -2.92. The van der Waals surface area contributed by atoms with E-state index in [1.807, 2.05) is 17.0 Å². The van der Waals surface area contributed by atoms with Gasteiger partial charge in [-0.15, -0.1) is 0 Å². The Morgan fingerprint density at radius 3 is 2.67 bits per heavy atom. The molecule has 11 heteroatoms. The highest BCUT2D eigenvalue weighted by Gasteiger charge is 2.26. The molecule has 1 fully saturated rings. The minimum Gasteiger partial charge on any atom is -0.465 e. The maximum absolute atomic E-state index is 12.2. The van der Waals surface area contributed by atoms with E-state index in [4.69, 9.17) is 9.84 Å². The smallest absolute Gasteiger partial charge is 0.405 e. The molecule has 0 bridgehead atoms. The number of hydrogen-bond donors (Lipinski definition) is 2. The van der Waals surface area contributed by atoms with Gasteiger partial charge < -0.3 is 24.6 Å². The average Bonchev–Trinajstić information content (AvgIpc) is 3.38. The van der Waals surface area contributed by atoms with Crippen LogP contribution in [-0.2, 0) is 16.3 Å². The maximum Gasteiger partial charge on any atom is 0.405 e. The molecule has 1 aliphatic heterocycles. The molecule has 1 aliphatic rings. The number of fused-ring (bicyclic) bond motifs is 3. The zero-order valence-corrected chi connectivity index (χ0v) is 20.5. The van der Waals surface area contributed by atoms with Crippen LogP contribution in [-0.4, -0.2) is 75.3 Å². The van der Waals surface area contributed by atoms with E-state index in [0.29, 0.717) is 19.8 Å². The Morgan fingerprint density at radius 1 is 1.21 bits per heavy atom. The van der Waals surface area contributed by atoms with Gasteiger partial charge >= 0.3 is 6.09 Å². The van der Waals surface area contributed by atoms with Gasteiger partial charge in [-0.25, -0.2) is 14.8 Å². The maximum atomic E-state index is 12.2. The summed E-state index contributed by atoms with van der Waals surface area (Å²) in [6.07, 6.45) is 6.13. The molecule has 0 unspecified atom stereocenters. The lowest BCUT2D eigenvalue weighted by Gasteiger charge is -2.31. The number of amides is 2. The highest BCUT2D eigenvalue weighted by Crippen LogP contribution is 2.30. The molecule has 3 aromatic heterocycles. The number of nitrogens with one attached hydrogen (secondary N) is 1. The number of nitrogens with zero attached hydrogens (tertiary/aromatic N) is 5. The molecule has 0 aliphatic carbocycles. The van der Waals surface area contributed by atoms with Crippen LogP contribution in [0.4, 0.5) is 4.79 Å². The van der Waals surface area contributed by atoms with E-state index >= 15 is 0 Å². The first kappa shape index (κ1) is 23.2. The molecule has 0 spiro atoms. The van der Waals surface area contributed by atoms with E-state index < -0.39 is 14.2 Å². The van der Waals surface area contributed by atoms with Gasteiger partial charge in [-0.1, -0.05) is 19.6 Å². The van der Waals surface area contributed by atoms with Crippen molar-refractivity contribution >= 4 is 36.9 Å². The summed E-state index contributed by atoms with van der Waals surface area (Å²) in [5.41, 5.74) is 3.78. The van der Waals surface area contributed by atoms with Gasteiger partial charge in [0.05, 0.1) is 11.7 Å². The van der Waals surface area contributed by atoms with E-state index in [9.17, 15) is 9.59 Å². The normalized spacial score (nSPS) is 15.4. The van der Waals surface area contributed by atoms with Crippen molar-refractivity contribution in [2.24, 2.45) is 0 Å². The number of likely N-dealkylation sites (tertiary alicyclic amines) is 1. The lowest BCUT2D eigenvalue weighted by atomic mass is 9.93. The van der Waals surface area contributed by atoms with Crippen LogP contribution in [0.15, 0.2) is 24.7 Å². The van der Waals surface area contributed by atoms with Gasteiger partial charge in [0.15, 0.2) is 11.3 Å². The average molecular weight is 473 g/mol. The topological polar surface area (TPSA) is 114 Å². The second kappa shape index (κ2) is 9.52. The lowest BCUT2D eigenvalue weighted by molar-refractivity contribution is -0.131. The first-order valence-corrected chi connectivity index (χ1v) is 15.1. The summed E-state index contributed by atoms with van der Waals surface area (Å²) in [4.78, 5) is 33.8. The Balaban J connectivity index is 1.46. The van der Waals surface area contributed by atoms with Crippen molar-refractivity contribution in [3.05, 3.63) is 30.4 Å². The number of carbonyl (C=O) groups excluding carboxylic acids is 1. The molecule has 10 nitrogen and oxygen atoms in total. The third kappa shape index (κ3) is 5.36. The van der Waals surface area contributed by atoms with Gasteiger partial charge in [-0.3, -0.25) is 9.20 Å². The summed E-state index contributed by atoms with van der Waals surface area (Å²) in [6, 6.07) is 3.18. The van der Waals surface area contributed by atoms with E-state index in [0.717, 1.165) is 48.0 Å². The van der Waals surface area contributed by atoms with Gasteiger partial charge in [0.25, 0.3) is 0 Å². The molecule has 4 heterocycles. The molecule has 1 saturated heterocycles. The minimum atomic E-state index is -1.19. The fourth-order valence-corrected chi connectivity index (χ4v) is 5.00. The first-order chi connectivity index (χ1) is 15.7. The second-order valence-electron chi connectivity index (χ2n) is 9.79. The number of carboxylic acid groups (broad SMARTS) is 1. The molecular formula is C22H32N6O4Si. The highest BCUT2D eigenvalue weighted by molar-refractivity contribution is 6.76. The van der Waals surface area contributed by atoms with E-state index in [1.165, 1.54) is 0 Å². The summed E-state index contributed by atoms with van der Waals surface area (Å²) in [7, 11) is -1.13. The molecule has 0 saturated carbocycles. The van der Waals surface area contributed by atoms with Crippen LogP contribution >= 0.6 is 0 Å². The summed E-state index contributed by atoms with van der Waals surface area (Å²) < 4.78 is 10.1. The largest absolute Gasteiger partial charge is 0.465 e. The quantitative estimate of drug-likeness (QED) is 0.385. The predicted octanol–water partition coefficient (Wildman–Crippen LogP) is 2.97. The predicted molar refractivity (Wildman–Crippen MR) is 127 cm³/mol. The summed E-state index contributed by atoms with van der Waals surface area (Å²) in [5.74, 6) is 0.0743. The molecule has 178 valence electrons. The third-order valence-corrected chi connectivity index (χ3v) is 7.86. The van der Waals surface area contributed by atoms with Gasteiger partial charge in [0.2, 0.25) is 5.91 Å². The van der Waals surface area contributed by atoms with Crippen LogP contribution in [0.25, 0.3) is 16.8 Å². The number of aromatic nitrogens is 4. The van der Waals surface area contributed by atoms with E-state index in [2.05, 4.69) is 45.4 Å². The molecule has 0 aromatic carbocycles. The summed E-state index contributed by atoms with van der Waals surface area (Å²) >= 11 is 0. The number of carbonyl (C=O) groups is 2. The molecular weight excluding hydrogens is 440 g/mol. The Morgan fingerprint density at radius 2 is 1.97 bits per heavy atom. The van der Waals surface area contributed by atoms with Crippen molar-refractivity contribution in [1.82, 2.24) is 29.2 Å². The zero-order valence-electron chi connectivity index (χ0n) is 19.5. The van der Waals surface area contributed by atoms with Gasteiger partial charge in [-0.2, -0.15) is 0 Å². The van der Waals surface area contributed by atoms with Gasteiger partial charge in [0.1, 0.15) is 13.3 Å². The van der Waals surface area contributed by atoms with Crippen LogP contribution in [0, 0.1) is 0 Å². The highest BCUT2D eigenvalue weighted by atomic mass is 28.3. The SMILES string of the molecule is C[Si](C)(C)CCOCn1ccc2c1ncc1ncc(C3CCN(C(=O)CNC(=O)O)CC3)n12. The van der Waals surface area contributed by atoms with Crippen LogP contribution in [0.5, 0.6) is 0 Å². The molecule has 4 rings (SSSR count). The number of piperidine rings is 1. The number of rotatable bonds is 8. The molecule has 0 radical (unpaired) electrons. The van der Waals surface area contributed by atoms with Crippen LogP contribution in [0.3, 0.4) is 0 Å². The van der Waals surface area contributed by atoms with Crippen molar-refractivity contribution in [3.63, 3.8) is 0 Å². The molecule has 0 atom stereocenters. The van der Waals surface area contributed by atoms with Crippen molar-refractivity contribution in [2.45, 2.75) is 51.2 Å². The number of ether oxygens (including phenoxy) is 1. The number of imidazole rings is 1. The van der Waals surface area contributed by atoms with Gasteiger partial charge in [0, 0.05) is 51.8 Å². The van der Waals surface area contributed by atoms with E-state index in [-0.39, 0.29) is 18.4 Å². The van der Waals surface area contributed by atoms with Crippen molar-refractivity contribution in [3.8, 4) is 0 Å². The Labute approximate surface area is 193 Å². The van der Waals surface area contributed by atoms with Crippen molar-refractivity contribution < 1.29 is 19.4 Å². The monoisotopic (exact) mass is 472 g/mol. The molecule has 3 aromatic rings. The number of hydrogen-bond acceptors (Lipinski definition) is 5. The summed E-state index contributed by atoms with van der Waals surface area (Å²) in [6.45, 7) is 9.26. The fraction of sp³-hybridized carbons (Fsp3) is 0.545. The minimum absolute atomic E-state index is 0.185. The molecule has 33 heavy (non-hydrogen) atoms. The van der Waals surface area contributed by atoms with Crippen LogP contribution < -0.4 is 5.32 Å². The fourth-order valence-electron chi connectivity index (χ4n) is 4.24.